The van der Waals surface area contributed by atoms with Gasteiger partial charge in [0.25, 0.3) is 0 Å². The van der Waals surface area contributed by atoms with E-state index in [2.05, 4.69) is 6.92 Å². The predicted molar refractivity (Wildman–Crippen MR) is 38.1 cm³/mol. The van der Waals surface area contributed by atoms with Crippen molar-refractivity contribution in [1.82, 2.24) is 0 Å². The Balaban J connectivity index is 0. The Morgan fingerprint density at radius 3 is 2.09 bits per heavy atom. The maximum absolute atomic E-state index is 12.3. The van der Waals surface area contributed by atoms with E-state index in [4.69, 9.17) is 0 Å². The normalized spacial score (nSPS) is 7.82. The standard InChI is InChI=1S/C7H5F2.ClH.Zn/c1-5-3-2-4-6(8)7(5)9;;/h2-4H,1H2;1H;/q-1;;. The van der Waals surface area contributed by atoms with Crippen LogP contribution < -0.4 is 0 Å². The van der Waals surface area contributed by atoms with Gasteiger partial charge in [-0.05, 0) is 6.07 Å². The summed E-state index contributed by atoms with van der Waals surface area (Å²) in [5, 5.41) is 0. The molecular formula is C7H6ClF2Zn-. The topological polar surface area (TPSA) is 0 Å². The van der Waals surface area contributed by atoms with Crippen molar-refractivity contribution >= 4 is 12.4 Å². The summed E-state index contributed by atoms with van der Waals surface area (Å²) < 4.78 is 24.5. The van der Waals surface area contributed by atoms with Crippen LogP contribution in [0.4, 0.5) is 8.78 Å². The Bertz CT molecular complexity index is 207. The van der Waals surface area contributed by atoms with Crippen molar-refractivity contribution in [3.8, 4) is 0 Å². The fourth-order valence-corrected chi connectivity index (χ4v) is 0.548. The van der Waals surface area contributed by atoms with Gasteiger partial charge >= 0.3 is 0 Å². The van der Waals surface area contributed by atoms with E-state index in [1.165, 1.54) is 12.1 Å². The summed E-state index contributed by atoms with van der Waals surface area (Å²) in [7, 11) is 0. The SMILES string of the molecule is Cl.[CH2-]c1cccc(F)c1F.[Zn]. The minimum Gasteiger partial charge on any atom is -0.281 e. The summed E-state index contributed by atoms with van der Waals surface area (Å²) in [6.07, 6.45) is 0. The van der Waals surface area contributed by atoms with Gasteiger partial charge in [0, 0.05) is 19.5 Å². The first-order chi connectivity index (χ1) is 4.22. The van der Waals surface area contributed by atoms with Gasteiger partial charge in [-0.2, -0.15) is 18.6 Å². The molecule has 1 aromatic carbocycles. The summed E-state index contributed by atoms with van der Waals surface area (Å²) in [5.74, 6) is -1.71. The molecule has 58 valence electrons. The molecule has 0 spiro atoms. The number of rotatable bonds is 0. The van der Waals surface area contributed by atoms with E-state index >= 15 is 0 Å². The molecule has 0 aliphatic heterocycles. The molecule has 0 heterocycles. The minimum absolute atomic E-state index is 0. The largest absolute Gasteiger partial charge is 0.281 e. The molecule has 1 aromatic rings. The van der Waals surface area contributed by atoms with Crippen molar-refractivity contribution in [2.75, 3.05) is 0 Å². The third kappa shape index (κ3) is 3.17. The van der Waals surface area contributed by atoms with Crippen LogP contribution in [0.1, 0.15) is 5.56 Å². The van der Waals surface area contributed by atoms with E-state index in [0.29, 0.717) is 0 Å². The number of hydrogen-bond donors (Lipinski definition) is 0. The summed E-state index contributed by atoms with van der Waals surface area (Å²) in [6, 6.07) is 3.89. The average molecular weight is 229 g/mol. The third-order valence-corrected chi connectivity index (χ3v) is 1.03. The van der Waals surface area contributed by atoms with Crippen molar-refractivity contribution in [1.29, 1.82) is 0 Å². The van der Waals surface area contributed by atoms with E-state index in [9.17, 15) is 8.78 Å². The van der Waals surface area contributed by atoms with Gasteiger partial charge in [-0.3, -0.25) is 4.39 Å². The second-order valence-electron chi connectivity index (χ2n) is 1.71. The molecule has 0 saturated heterocycles. The van der Waals surface area contributed by atoms with Crippen molar-refractivity contribution in [2.45, 2.75) is 0 Å². The molecule has 4 heteroatoms. The zero-order chi connectivity index (χ0) is 6.85. The molecule has 0 bridgehead atoms. The minimum atomic E-state index is -0.863. The first-order valence-corrected chi connectivity index (χ1v) is 2.48. The summed E-state index contributed by atoms with van der Waals surface area (Å²) in [4.78, 5) is 0. The van der Waals surface area contributed by atoms with Gasteiger partial charge in [-0.25, -0.2) is 4.39 Å². The second kappa shape index (κ2) is 5.51. The van der Waals surface area contributed by atoms with E-state index in [1.54, 1.807) is 0 Å². The molecule has 0 unspecified atom stereocenters. The molecule has 0 aliphatic rings. The van der Waals surface area contributed by atoms with Gasteiger partial charge in [0.05, 0.1) is 5.82 Å². The van der Waals surface area contributed by atoms with Gasteiger partial charge in [0.1, 0.15) is 5.82 Å². The van der Waals surface area contributed by atoms with Crippen molar-refractivity contribution < 1.29 is 28.3 Å². The van der Waals surface area contributed by atoms with Crippen LogP contribution in [0.15, 0.2) is 18.2 Å². The van der Waals surface area contributed by atoms with E-state index in [-0.39, 0.29) is 37.4 Å². The molecule has 0 fully saturated rings. The zero-order valence-corrected chi connectivity index (χ0v) is 9.59. The molecule has 0 radical (unpaired) electrons. The first-order valence-electron chi connectivity index (χ1n) is 2.48. The average Bonchev–Trinajstić information content (AvgIpc) is 1.83. The Morgan fingerprint density at radius 2 is 1.73 bits per heavy atom. The van der Waals surface area contributed by atoms with E-state index in [1.807, 2.05) is 0 Å². The zero-order valence-electron chi connectivity index (χ0n) is 5.81. The van der Waals surface area contributed by atoms with Crippen molar-refractivity contribution in [2.24, 2.45) is 0 Å². The molecule has 0 saturated carbocycles. The van der Waals surface area contributed by atoms with Crippen molar-refractivity contribution in [3.05, 3.63) is 42.3 Å². The third-order valence-electron chi connectivity index (χ3n) is 1.03. The Hall–Kier alpha value is -0.137. The number of halogens is 3. The Morgan fingerprint density at radius 1 is 1.18 bits per heavy atom. The number of benzene rings is 1. The monoisotopic (exact) mass is 227 g/mol. The molecule has 0 atom stereocenters. The fourth-order valence-electron chi connectivity index (χ4n) is 0.548. The number of hydrogen-bond acceptors (Lipinski definition) is 0. The summed E-state index contributed by atoms with van der Waals surface area (Å²) >= 11 is 0. The van der Waals surface area contributed by atoms with Crippen LogP contribution in [-0.2, 0) is 19.5 Å². The van der Waals surface area contributed by atoms with Crippen LogP contribution in [0.3, 0.4) is 0 Å². The molecule has 1 rings (SSSR count). The summed E-state index contributed by atoms with van der Waals surface area (Å²) in [6.45, 7) is 3.27. The molecule has 0 amide bonds. The van der Waals surface area contributed by atoms with Gasteiger partial charge < -0.3 is 0 Å². The molecule has 0 nitrogen and oxygen atoms in total. The van der Waals surface area contributed by atoms with Gasteiger partial charge in [-0.1, -0.05) is 0 Å². The van der Waals surface area contributed by atoms with Crippen LogP contribution in [0.25, 0.3) is 0 Å². The Kier molecular flexibility index (Phi) is 6.73. The maximum atomic E-state index is 12.3. The second-order valence-corrected chi connectivity index (χ2v) is 1.71. The molecule has 0 aliphatic carbocycles. The van der Waals surface area contributed by atoms with Gasteiger partial charge in [0.2, 0.25) is 0 Å². The first kappa shape index (κ1) is 13.5. The fraction of sp³-hybridized carbons (Fsp3) is 0. The molecule has 0 N–H and O–H groups in total. The predicted octanol–water partition coefficient (Wildman–Crippen LogP) is 2.57. The quantitative estimate of drug-likeness (QED) is 0.473. The maximum Gasteiger partial charge on any atom is 0.102 e. The van der Waals surface area contributed by atoms with Gasteiger partial charge in [0.15, 0.2) is 0 Å². The van der Waals surface area contributed by atoms with Crippen LogP contribution in [0, 0.1) is 18.6 Å². The Labute approximate surface area is 83.2 Å². The van der Waals surface area contributed by atoms with E-state index < -0.39 is 11.6 Å². The van der Waals surface area contributed by atoms with Crippen LogP contribution in [0.2, 0.25) is 0 Å². The van der Waals surface area contributed by atoms with Gasteiger partial charge in [-0.15, -0.1) is 18.5 Å². The smallest absolute Gasteiger partial charge is 0.102 e. The van der Waals surface area contributed by atoms with Crippen LogP contribution in [-0.4, -0.2) is 0 Å². The van der Waals surface area contributed by atoms with Crippen molar-refractivity contribution in [3.63, 3.8) is 0 Å². The van der Waals surface area contributed by atoms with Crippen LogP contribution in [0.5, 0.6) is 0 Å². The molecule has 11 heavy (non-hydrogen) atoms. The van der Waals surface area contributed by atoms with E-state index in [0.717, 1.165) is 6.07 Å². The summed E-state index contributed by atoms with van der Waals surface area (Å²) in [5.41, 5.74) is 0.0926. The molecule has 0 aromatic heterocycles. The molecular weight excluding hydrogens is 223 g/mol. The van der Waals surface area contributed by atoms with Crippen LogP contribution >= 0.6 is 12.4 Å².